The first-order valence-corrected chi connectivity index (χ1v) is 12.9. The molecule has 0 amide bonds. The lowest BCUT2D eigenvalue weighted by atomic mass is 9.70. The molecular weight excluding hydrogens is 328 g/mol. The third-order valence-corrected chi connectivity index (χ3v) is 7.59. The predicted octanol–water partition coefficient (Wildman–Crippen LogP) is 8.70. The van der Waals surface area contributed by atoms with E-state index in [2.05, 4.69) is 13.8 Å². The molecule has 0 spiro atoms. The van der Waals surface area contributed by atoms with Gasteiger partial charge < -0.3 is 4.74 Å². The Morgan fingerprint density at radius 1 is 0.556 bits per heavy atom. The van der Waals surface area contributed by atoms with Crippen LogP contribution in [0.15, 0.2) is 0 Å². The minimum Gasteiger partial charge on any atom is -0.378 e. The zero-order valence-corrected chi connectivity index (χ0v) is 18.9. The Morgan fingerprint density at radius 3 is 1.67 bits per heavy atom. The highest BCUT2D eigenvalue weighted by Gasteiger charge is 2.30. The van der Waals surface area contributed by atoms with E-state index >= 15 is 0 Å². The molecule has 2 rings (SSSR count). The van der Waals surface area contributed by atoms with E-state index < -0.39 is 0 Å². The van der Waals surface area contributed by atoms with E-state index in [0.29, 0.717) is 6.10 Å². The molecule has 0 aromatic rings. The summed E-state index contributed by atoms with van der Waals surface area (Å²) in [7, 11) is 0. The van der Waals surface area contributed by atoms with Crippen LogP contribution >= 0.6 is 0 Å². The summed E-state index contributed by atoms with van der Waals surface area (Å²) in [4.78, 5) is 0. The number of hydrogen-bond donors (Lipinski definition) is 0. The molecule has 0 unspecified atom stereocenters. The van der Waals surface area contributed by atoms with Gasteiger partial charge in [0.1, 0.15) is 0 Å². The Morgan fingerprint density at radius 2 is 1.07 bits per heavy atom. The van der Waals surface area contributed by atoms with E-state index in [1.54, 1.807) is 0 Å². The Labute approximate surface area is 171 Å². The SMILES string of the molecule is CCCCCCCCCCOC1CCC(C2CCC(CCCC)CC2)CC1. The van der Waals surface area contributed by atoms with Crippen LogP contribution in [0.2, 0.25) is 0 Å². The Bertz CT molecular complexity index is 323. The van der Waals surface area contributed by atoms with Crippen molar-refractivity contribution in [1.82, 2.24) is 0 Å². The largest absolute Gasteiger partial charge is 0.378 e. The first-order valence-electron chi connectivity index (χ1n) is 12.9. The molecule has 2 aliphatic carbocycles. The highest BCUT2D eigenvalue weighted by Crippen LogP contribution is 2.41. The van der Waals surface area contributed by atoms with Crippen LogP contribution in [0.25, 0.3) is 0 Å². The first-order chi connectivity index (χ1) is 13.3. The molecule has 27 heavy (non-hydrogen) atoms. The van der Waals surface area contributed by atoms with Crippen LogP contribution in [0, 0.1) is 17.8 Å². The second-order valence-electron chi connectivity index (χ2n) is 9.81. The monoisotopic (exact) mass is 378 g/mol. The van der Waals surface area contributed by atoms with Crippen molar-refractivity contribution in [2.24, 2.45) is 17.8 Å². The van der Waals surface area contributed by atoms with Crippen LogP contribution in [-0.4, -0.2) is 12.7 Å². The van der Waals surface area contributed by atoms with Gasteiger partial charge in [-0.3, -0.25) is 0 Å². The number of hydrogen-bond acceptors (Lipinski definition) is 1. The van der Waals surface area contributed by atoms with Crippen molar-refractivity contribution in [3.63, 3.8) is 0 Å². The van der Waals surface area contributed by atoms with Gasteiger partial charge in [-0.1, -0.05) is 90.9 Å². The quantitative estimate of drug-likeness (QED) is 0.275. The molecule has 2 aliphatic rings. The topological polar surface area (TPSA) is 9.23 Å². The molecule has 2 fully saturated rings. The molecule has 0 N–H and O–H groups in total. The highest BCUT2D eigenvalue weighted by molar-refractivity contribution is 4.82. The van der Waals surface area contributed by atoms with Gasteiger partial charge in [-0.2, -0.15) is 0 Å². The third kappa shape index (κ3) is 9.82. The zero-order valence-electron chi connectivity index (χ0n) is 18.9. The molecular formula is C26H50O. The van der Waals surface area contributed by atoms with E-state index in [0.717, 1.165) is 24.4 Å². The Hall–Kier alpha value is -0.0400. The average molecular weight is 379 g/mol. The fraction of sp³-hybridized carbons (Fsp3) is 1.00. The predicted molar refractivity (Wildman–Crippen MR) is 119 cm³/mol. The fourth-order valence-corrected chi connectivity index (χ4v) is 5.65. The van der Waals surface area contributed by atoms with Crippen LogP contribution in [0.3, 0.4) is 0 Å². The molecule has 0 aliphatic heterocycles. The summed E-state index contributed by atoms with van der Waals surface area (Å²) in [6.45, 7) is 5.65. The van der Waals surface area contributed by atoms with E-state index in [9.17, 15) is 0 Å². The third-order valence-electron chi connectivity index (χ3n) is 7.59. The maximum absolute atomic E-state index is 6.23. The van der Waals surface area contributed by atoms with Crippen molar-refractivity contribution in [1.29, 1.82) is 0 Å². The molecule has 1 heteroatoms. The van der Waals surface area contributed by atoms with Gasteiger partial charge in [0, 0.05) is 6.61 Å². The van der Waals surface area contributed by atoms with Crippen molar-refractivity contribution in [3.05, 3.63) is 0 Å². The number of unbranched alkanes of at least 4 members (excludes halogenated alkanes) is 8. The second kappa shape index (κ2) is 14.9. The standard InChI is InChI=1S/C26H50O/c1-3-5-7-8-9-10-11-12-22-27-26-20-18-25(19-21-26)24-16-14-23(15-17-24)13-6-4-2/h23-26H,3-22H2,1-2H3. The molecule has 0 atom stereocenters. The second-order valence-corrected chi connectivity index (χ2v) is 9.81. The summed E-state index contributed by atoms with van der Waals surface area (Å²) in [6.07, 6.45) is 27.8. The molecule has 2 saturated carbocycles. The normalized spacial score (nSPS) is 29.1. The van der Waals surface area contributed by atoms with Crippen molar-refractivity contribution in [3.8, 4) is 0 Å². The number of ether oxygens (including phenoxy) is 1. The maximum atomic E-state index is 6.23. The summed E-state index contributed by atoms with van der Waals surface area (Å²) in [6, 6.07) is 0. The molecule has 0 bridgehead atoms. The minimum absolute atomic E-state index is 0.590. The average Bonchev–Trinajstić information content (AvgIpc) is 2.72. The molecule has 0 aromatic heterocycles. The summed E-state index contributed by atoms with van der Waals surface area (Å²) < 4.78 is 6.23. The Kier molecular flexibility index (Phi) is 12.8. The molecule has 0 aromatic carbocycles. The van der Waals surface area contributed by atoms with E-state index in [1.165, 1.54) is 122 Å². The zero-order chi connectivity index (χ0) is 19.2. The highest BCUT2D eigenvalue weighted by atomic mass is 16.5. The van der Waals surface area contributed by atoms with Crippen molar-refractivity contribution in [2.75, 3.05) is 6.61 Å². The van der Waals surface area contributed by atoms with E-state index in [-0.39, 0.29) is 0 Å². The van der Waals surface area contributed by atoms with Crippen LogP contribution < -0.4 is 0 Å². The summed E-state index contributed by atoms with van der Waals surface area (Å²) in [5.74, 6) is 3.14. The van der Waals surface area contributed by atoms with Crippen LogP contribution in [0.1, 0.15) is 136 Å². The Balaban J connectivity index is 1.44. The van der Waals surface area contributed by atoms with Gasteiger partial charge in [0.15, 0.2) is 0 Å². The van der Waals surface area contributed by atoms with Gasteiger partial charge in [-0.15, -0.1) is 0 Å². The van der Waals surface area contributed by atoms with Gasteiger partial charge in [0.2, 0.25) is 0 Å². The lowest BCUT2D eigenvalue weighted by Gasteiger charge is -2.37. The molecule has 0 saturated heterocycles. The van der Waals surface area contributed by atoms with Gasteiger partial charge in [0.25, 0.3) is 0 Å². The summed E-state index contributed by atoms with van der Waals surface area (Å²) in [5.41, 5.74) is 0. The van der Waals surface area contributed by atoms with Gasteiger partial charge >= 0.3 is 0 Å². The van der Waals surface area contributed by atoms with Crippen LogP contribution in [0.5, 0.6) is 0 Å². The van der Waals surface area contributed by atoms with Crippen LogP contribution in [0.4, 0.5) is 0 Å². The van der Waals surface area contributed by atoms with E-state index in [4.69, 9.17) is 4.74 Å². The summed E-state index contributed by atoms with van der Waals surface area (Å²) in [5, 5.41) is 0. The smallest absolute Gasteiger partial charge is 0.0575 e. The van der Waals surface area contributed by atoms with Gasteiger partial charge in [0.05, 0.1) is 6.10 Å². The van der Waals surface area contributed by atoms with E-state index in [1.807, 2.05) is 0 Å². The fourth-order valence-electron chi connectivity index (χ4n) is 5.65. The first kappa shape index (κ1) is 23.2. The van der Waals surface area contributed by atoms with Gasteiger partial charge in [-0.25, -0.2) is 0 Å². The van der Waals surface area contributed by atoms with Crippen LogP contribution in [-0.2, 0) is 4.74 Å². The molecule has 1 nitrogen and oxygen atoms in total. The minimum atomic E-state index is 0.590. The van der Waals surface area contributed by atoms with Crippen molar-refractivity contribution < 1.29 is 4.74 Å². The lowest BCUT2D eigenvalue weighted by Crippen LogP contribution is -2.28. The van der Waals surface area contributed by atoms with Crippen molar-refractivity contribution in [2.45, 2.75) is 142 Å². The molecule has 0 heterocycles. The number of rotatable bonds is 14. The summed E-state index contributed by atoms with van der Waals surface area (Å²) >= 11 is 0. The molecule has 0 radical (unpaired) electrons. The van der Waals surface area contributed by atoms with Gasteiger partial charge in [-0.05, 0) is 62.7 Å². The van der Waals surface area contributed by atoms with Crippen molar-refractivity contribution >= 4 is 0 Å². The maximum Gasteiger partial charge on any atom is 0.0575 e. The molecule has 160 valence electrons. The lowest BCUT2D eigenvalue weighted by molar-refractivity contribution is 0.00527.